The van der Waals surface area contributed by atoms with Gasteiger partial charge in [-0.25, -0.2) is 8.42 Å². The molecule has 1 amide bonds. The first-order valence-electron chi connectivity index (χ1n) is 3.69. The second-order valence-corrected chi connectivity index (χ2v) is 4.23. The molecule has 5 nitrogen and oxygen atoms in total. The van der Waals surface area contributed by atoms with E-state index in [2.05, 4.69) is 11.9 Å². The van der Waals surface area contributed by atoms with Gasteiger partial charge in [-0.05, 0) is 12.0 Å². The molecule has 0 heterocycles. The van der Waals surface area contributed by atoms with E-state index in [0.29, 0.717) is 0 Å². The molecule has 76 valence electrons. The molecule has 13 heavy (non-hydrogen) atoms. The van der Waals surface area contributed by atoms with Crippen LogP contribution < -0.4 is 5.32 Å². The van der Waals surface area contributed by atoms with Crippen LogP contribution in [0.25, 0.3) is 0 Å². The number of amides is 1. The highest BCUT2D eigenvalue weighted by atomic mass is 32.2. The van der Waals surface area contributed by atoms with Crippen LogP contribution in [-0.2, 0) is 14.9 Å². The van der Waals surface area contributed by atoms with Gasteiger partial charge >= 0.3 is 0 Å². The quantitative estimate of drug-likeness (QED) is 0.484. The van der Waals surface area contributed by atoms with E-state index >= 15 is 0 Å². The van der Waals surface area contributed by atoms with Gasteiger partial charge in [-0.3, -0.25) is 4.79 Å². The fraction of sp³-hybridized carbons (Fsp3) is 0.571. The van der Waals surface area contributed by atoms with Crippen LogP contribution in [0.1, 0.15) is 6.92 Å². The van der Waals surface area contributed by atoms with E-state index in [1.54, 1.807) is 6.92 Å². The minimum absolute atomic E-state index is 0.159. The van der Waals surface area contributed by atoms with Crippen molar-refractivity contribution in [2.24, 2.45) is 5.92 Å². The van der Waals surface area contributed by atoms with E-state index in [9.17, 15) is 17.8 Å². The van der Waals surface area contributed by atoms with Gasteiger partial charge in [0.15, 0.2) is 0 Å². The van der Waals surface area contributed by atoms with Gasteiger partial charge in [0.25, 0.3) is 0 Å². The highest BCUT2D eigenvalue weighted by Crippen LogP contribution is 1.97. The molecule has 0 aliphatic rings. The first-order valence-corrected chi connectivity index (χ1v) is 5.26. The Balaban J connectivity index is 3.83. The van der Waals surface area contributed by atoms with E-state index in [1.165, 1.54) is 0 Å². The smallest absolute Gasteiger partial charge is 0.243 e. The fourth-order valence-corrected chi connectivity index (χ4v) is 1.57. The minimum Gasteiger partial charge on any atom is -0.748 e. The van der Waals surface area contributed by atoms with E-state index < -0.39 is 15.9 Å². The Morgan fingerprint density at radius 3 is 2.62 bits per heavy atom. The number of carbonyl (C=O) groups excluding carboxylic acids is 1. The Kier molecular flexibility index (Phi) is 4.64. The third kappa shape index (κ3) is 7.48. The van der Waals surface area contributed by atoms with Gasteiger partial charge in [-0.1, -0.05) is 13.5 Å². The molecule has 0 aromatic rings. The standard InChI is InChI=1S/C7H13NO4S/c1-3-7(9)8-4-6(2)5-13(10,11)12/h3,6H,1,4-5H2,2H3,(H,8,9)(H,10,11,12)/p-1. The topological polar surface area (TPSA) is 86.3 Å². The number of rotatable bonds is 5. The zero-order chi connectivity index (χ0) is 10.5. The molecule has 0 saturated heterocycles. The van der Waals surface area contributed by atoms with Crippen molar-refractivity contribution in [1.29, 1.82) is 0 Å². The van der Waals surface area contributed by atoms with Gasteiger partial charge in [0, 0.05) is 12.3 Å². The van der Waals surface area contributed by atoms with Crippen LogP contribution in [0.3, 0.4) is 0 Å². The monoisotopic (exact) mass is 206 g/mol. The first-order chi connectivity index (χ1) is 5.85. The van der Waals surface area contributed by atoms with Crippen molar-refractivity contribution in [3.05, 3.63) is 12.7 Å². The van der Waals surface area contributed by atoms with Gasteiger partial charge in [-0.15, -0.1) is 0 Å². The van der Waals surface area contributed by atoms with Crippen molar-refractivity contribution in [3.8, 4) is 0 Å². The predicted molar refractivity (Wildman–Crippen MR) is 46.9 cm³/mol. The summed E-state index contributed by atoms with van der Waals surface area (Å²) in [5.41, 5.74) is 0. The second kappa shape index (κ2) is 4.98. The molecule has 1 unspecified atom stereocenters. The van der Waals surface area contributed by atoms with Crippen molar-refractivity contribution in [2.75, 3.05) is 12.3 Å². The summed E-state index contributed by atoms with van der Waals surface area (Å²) in [7, 11) is -4.21. The zero-order valence-electron chi connectivity index (χ0n) is 7.32. The first kappa shape index (κ1) is 12.1. The predicted octanol–water partition coefficient (Wildman–Crippen LogP) is -0.530. The summed E-state index contributed by atoms with van der Waals surface area (Å²) >= 11 is 0. The van der Waals surface area contributed by atoms with E-state index in [4.69, 9.17) is 0 Å². The molecule has 0 bridgehead atoms. The molecule has 0 spiro atoms. The van der Waals surface area contributed by atoms with Crippen LogP contribution in [0.15, 0.2) is 12.7 Å². The Morgan fingerprint density at radius 1 is 1.69 bits per heavy atom. The van der Waals surface area contributed by atoms with Crippen molar-refractivity contribution < 1.29 is 17.8 Å². The van der Waals surface area contributed by atoms with Crippen LogP contribution >= 0.6 is 0 Å². The zero-order valence-corrected chi connectivity index (χ0v) is 8.13. The summed E-state index contributed by atoms with van der Waals surface area (Å²) in [6, 6.07) is 0. The Hall–Kier alpha value is -0.880. The molecule has 0 fully saturated rings. The molecule has 0 aliphatic heterocycles. The van der Waals surface area contributed by atoms with Gasteiger partial charge in [-0.2, -0.15) is 0 Å². The SMILES string of the molecule is C=CC(=O)NCC(C)CS(=O)(=O)[O-]. The normalized spacial score (nSPS) is 13.4. The number of nitrogens with one attached hydrogen (secondary N) is 1. The molecular formula is C7H12NO4S-. The summed E-state index contributed by atoms with van der Waals surface area (Å²) in [5.74, 6) is -1.23. The van der Waals surface area contributed by atoms with Crippen molar-refractivity contribution in [3.63, 3.8) is 0 Å². The lowest BCUT2D eigenvalue weighted by atomic mass is 10.2. The van der Waals surface area contributed by atoms with E-state index in [-0.39, 0.29) is 18.4 Å². The number of hydrogen-bond donors (Lipinski definition) is 1. The average Bonchev–Trinajstić information content (AvgIpc) is 1.97. The summed E-state index contributed by atoms with van der Waals surface area (Å²) in [6.07, 6.45) is 1.08. The molecule has 0 aromatic heterocycles. The third-order valence-corrected chi connectivity index (χ3v) is 2.28. The molecule has 0 rings (SSSR count). The second-order valence-electron chi connectivity index (χ2n) is 2.78. The largest absolute Gasteiger partial charge is 0.748 e. The van der Waals surface area contributed by atoms with Gasteiger partial charge in [0.1, 0.15) is 0 Å². The van der Waals surface area contributed by atoms with Crippen molar-refractivity contribution in [2.45, 2.75) is 6.92 Å². The van der Waals surface area contributed by atoms with E-state index in [0.717, 1.165) is 6.08 Å². The van der Waals surface area contributed by atoms with Gasteiger partial charge in [0.2, 0.25) is 5.91 Å². The third-order valence-electron chi connectivity index (χ3n) is 1.30. The molecule has 0 aromatic carbocycles. The van der Waals surface area contributed by atoms with Gasteiger partial charge < -0.3 is 9.87 Å². The molecule has 1 N–H and O–H groups in total. The highest BCUT2D eigenvalue weighted by Gasteiger charge is 2.06. The van der Waals surface area contributed by atoms with E-state index in [1.807, 2.05) is 0 Å². The lowest BCUT2D eigenvalue weighted by molar-refractivity contribution is -0.116. The maximum absolute atomic E-state index is 10.6. The van der Waals surface area contributed by atoms with Crippen LogP contribution in [0.2, 0.25) is 0 Å². The lowest BCUT2D eigenvalue weighted by Gasteiger charge is -2.13. The van der Waals surface area contributed by atoms with Crippen LogP contribution in [0, 0.1) is 5.92 Å². The molecule has 0 saturated carbocycles. The van der Waals surface area contributed by atoms with Gasteiger partial charge in [0.05, 0.1) is 10.1 Å². The van der Waals surface area contributed by atoms with Crippen molar-refractivity contribution >= 4 is 16.0 Å². The molecule has 0 aliphatic carbocycles. The average molecular weight is 206 g/mol. The fourth-order valence-electron chi connectivity index (χ4n) is 0.754. The number of carbonyl (C=O) groups is 1. The maximum atomic E-state index is 10.6. The Morgan fingerprint density at radius 2 is 2.23 bits per heavy atom. The lowest BCUT2D eigenvalue weighted by Crippen LogP contribution is -2.29. The molecular weight excluding hydrogens is 194 g/mol. The summed E-state index contributed by atoms with van der Waals surface area (Å²) in [4.78, 5) is 10.6. The molecule has 0 radical (unpaired) electrons. The Labute approximate surface area is 77.6 Å². The minimum atomic E-state index is -4.21. The summed E-state index contributed by atoms with van der Waals surface area (Å²) in [5, 5.41) is 2.39. The summed E-state index contributed by atoms with van der Waals surface area (Å²) in [6.45, 7) is 4.95. The molecule has 1 atom stereocenters. The highest BCUT2D eigenvalue weighted by molar-refractivity contribution is 7.85. The van der Waals surface area contributed by atoms with Crippen LogP contribution in [0.4, 0.5) is 0 Å². The summed E-state index contributed by atoms with van der Waals surface area (Å²) < 4.78 is 30.8. The molecule has 6 heteroatoms. The number of hydrogen-bond acceptors (Lipinski definition) is 4. The maximum Gasteiger partial charge on any atom is 0.243 e. The van der Waals surface area contributed by atoms with Crippen molar-refractivity contribution in [1.82, 2.24) is 5.32 Å². The Bertz CT molecular complexity index is 283. The van der Waals surface area contributed by atoms with Crippen LogP contribution in [0.5, 0.6) is 0 Å². The van der Waals surface area contributed by atoms with Crippen LogP contribution in [-0.4, -0.2) is 31.2 Å².